The molecule has 0 amide bonds. The number of methoxy groups -OCH3 is 2. The molecule has 7 heteroatoms. The predicted octanol–water partition coefficient (Wildman–Crippen LogP) is 2.14. The summed E-state index contributed by atoms with van der Waals surface area (Å²) in [6, 6.07) is 6.59. The topological polar surface area (TPSA) is 69.6 Å². The fraction of sp³-hybridized carbons (Fsp3) is 0.375. The Kier molecular flexibility index (Phi) is 5.01. The van der Waals surface area contributed by atoms with Gasteiger partial charge in [-0.3, -0.25) is 0 Å². The van der Waals surface area contributed by atoms with Gasteiger partial charge in [0, 0.05) is 31.0 Å². The van der Waals surface area contributed by atoms with Crippen molar-refractivity contribution in [1.82, 2.24) is 9.29 Å². The Balaban J connectivity index is 2.27. The molecule has 2 aromatic rings. The molecule has 6 nitrogen and oxygen atoms in total. The number of hydrogen-bond acceptors (Lipinski definition) is 4. The number of hydrogen-bond donors (Lipinski definition) is 1. The molecule has 0 aliphatic carbocycles. The van der Waals surface area contributed by atoms with E-state index in [1.165, 1.54) is 20.3 Å². The molecule has 1 heterocycles. The lowest BCUT2D eigenvalue weighted by Gasteiger charge is -2.12. The molecule has 0 aliphatic rings. The van der Waals surface area contributed by atoms with Crippen LogP contribution in [0.5, 0.6) is 11.5 Å². The summed E-state index contributed by atoms with van der Waals surface area (Å²) in [5.74, 6) is 0.785. The van der Waals surface area contributed by atoms with E-state index >= 15 is 0 Å². The second-order valence-electron chi connectivity index (χ2n) is 5.30. The number of ether oxygens (including phenoxy) is 2. The van der Waals surface area contributed by atoms with Gasteiger partial charge in [-0.05, 0) is 37.6 Å². The maximum atomic E-state index is 12.5. The number of nitrogens with zero attached hydrogens (tertiary/aromatic N) is 1. The molecule has 0 saturated carbocycles. The zero-order chi connectivity index (χ0) is 17.2. The number of benzene rings is 1. The largest absolute Gasteiger partial charge is 0.497 e. The molecule has 0 saturated heterocycles. The van der Waals surface area contributed by atoms with Gasteiger partial charge in [0.25, 0.3) is 0 Å². The molecule has 0 radical (unpaired) electrons. The first-order valence-corrected chi connectivity index (χ1v) is 8.62. The maximum absolute atomic E-state index is 12.5. The van der Waals surface area contributed by atoms with Gasteiger partial charge in [-0.15, -0.1) is 0 Å². The Morgan fingerprint density at radius 1 is 1.13 bits per heavy atom. The second kappa shape index (κ2) is 6.64. The van der Waals surface area contributed by atoms with Crippen LogP contribution in [0.1, 0.15) is 17.0 Å². The van der Waals surface area contributed by atoms with Crippen molar-refractivity contribution < 1.29 is 17.9 Å². The van der Waals surface area contributed by atoms with Crippen molar-refractivity contribution in [2.24, 2.45) is 7.05 Å². The number of aromatic nitrogens is 1. The third-order valence-corrected chi connectivity index (χ3v) is 5.43. The SMILES string of the molecule is COc1ccc(S(=O)(=O)NCc2cc(C)n(C)c2C)c(OC)c1. The van der Waals surface area contributed by atoms with Crippen LogP contribution >= 0.6 is 0 Å². The summed E-state index contributed by atoms with van der Waals surface area (Å²) in [5.41, 5.74) is 3.06. The highest BCUT2D eigenvalue weighted by Crippen LogP contribution is 2.28. The molecule has 0 fully saturated rings. The van der Waals surface area contributed by atoms with Crippen molar-refractivity contribution in [3.8, 4) is 11.5 Å². The molecule has 0 spiro atoms. The molecule has 2 rings (SSSR count). The third kappa shape index (κ3) is 3.51. The molecular weight excluding hydrogens is 316 g/mol. The Morgan fingerprint density at radius 3 is 2.35 bits per heavy atom. The van der Waals surface area contributed by atoms with Crippen LogP contribution in [0, 0.1) is 13.8 Å². The molecule has 1 N–H and O–H groups in total. The van der Waals surface area contributed by atoms with Gasteiger partial charge in [0.05, 0.1) is 14.2 Å². The van der Waals surface area contributed by atoms with E-state index in [4.69, 9.17) is 9.47 Å². The van der Waals surface area contributed by atoms with Crippen LogP contribution in [0.15, 0.2) is 29.2 Å². The molecule has 1 aromatic heterocycles. The highest BCUT2D eigenvalue weighted by atomic mass is 32.2. The number of aryl methyl sites for hydroxylation is 1. The number of nitrogens with one attached hydrogen (secondary N) is 1. The van der Waals surface area contributed by atoms with Crippen molar-refractivity contribution in [3.63, 3.8) is 0 Å². The summed E-state index contributed by atoms with van der Waals surface area (Å²) in [5, 5.41) is 0. The minimum atomic E-state index is -3.69. The van der Waals surface area contributed by atoms with Gasteiger partial charge < -0.3 is 14.0 Å². The van der Waals surface area contributed by atoms with Crippen LogP contribution in [0.3, 0.4) is 0 Å². The fourth-order valence-electron chi connectivity index (χ4n) is 2.36. The van der Waals surface area contributed by atoms with Crippen molar-refractivity contribution in [1.29, 1.82) is 0 Å². The summed E-state index contributed by atoms with van der Waals surface area (Å²) in [7, 11) is 1.21. The second-order valence-corrected chi connectivity index (χ2v) is 7.03. The summed E-state index contributed by atoms with van der Waals surface area (Å²) in [6.45, 7) is 4.17. The monoisotopic (exact) mass is 338 g/mol. The third-order valence-electron chi connectivity index (χ3n) is 3.99. The van der Waals surface area contributed by atoms with Crippen LogP contribution in [0.2, 0.25) is 0 Å². The van der Waals surface area contributed by atoms with E-state index < -0.39 is 10.0 Å². The van der Waals surface area contributed by atoms with Crippen molar-refractivity contribution in [3.05, 3.63) is 41.2 Å². The van der Waals surface area contributed by atoms with E-state index in [2.05, 4.69) is 4.72 Å². The van der Waals surface area contributed by atoms with Crippen LogP contribution in [0.4, 0.5) is 0 Å². The van der Waals surface area contributed by atoms with Crippen LogP contribution in [0.25, 0.3) is 0 Å². The maximum Gasteiger partial charge on any atom is 0.244 e. The first kappa shape index (κ1) is 17.4. The minimum absolute atomic E-state index is 0.0890. The highest BCUT2D eigenvalue weighted by molar-refractivity contribution is 7.89. The van der Waals surface area contributed by atoms with E-state index in [9.17, 15) is 8.42 Å². The van der Waals surface area contributed by atoms with E-state index in [-0.39, 0.29) is 17.2 Å². The van der Waals surface area contributed by atoms with Crippen LogP contribution < -0.4 is 14.2 Å². The smallest absolute Gasteiger partial charge is 0.244 e. The quantitative estimate of drug-likeness (QED) is 0.876. The van der Waals surface area contributed by atoms with E-state index in [1.807, 2.05) is 31.5 Å². The lowest BCUT2D eigenvalue weighted by atomic mass is 10.2. The summed E-state index contributed by atoms with van der Waals surface area (Å²) < 4.78 is 40.0. The molecule has 0 unspecified atom stereocenters. The van der Waals surface area contributed by atoms with Gasteiger partial charge >= 0.3 is 0 Å². The lowest BCUT2D eigenvalue weighted by molar-refractivity contribution is 0.386. The van der Waals surface area contributed by atoms with E-state index in [1.54, 1.807) is 12.1 Å². The highest BCUT2D eigenvalue weighted by Gasteiger charge is 2.20. The average Bonchev–Trinajstić information content (AvgIpc) is 2.79. The number of sulfonamides is 1. The standard InChI is InChI=1S/C16H22N2O4S/c1-11-8-13(12(2)18(11)3)10-17-23(19,20)16-7-6-14(21-4)9-15(16)22-5/h6-9,17H,10H2,1-5H3. The van der Waals surface area contributed by atoms with Gasteiger partial charge in [0.15, 0.2) is 0 Å². The Bertz CT molecular complexity index is 810. The zero-order valence-corrected chi connectivity index (χ0v) is 14.8. The molecule has 0 bridgehead atoms. The molecule has 126 valence electrons. The van der Waals surface area contributed by atoms with Crippen LogP contribution in [-0.4, -0.2) is 27.2 Å². The Labute approximate surface area is 137 Å². The molecule has 0 aliphatic heterocycles. The molecule has 0 atom stereocenters. The number of rotatable bonds is 6. The van der Waals surface area contributed by atoms with E-state index in [0.717, 1.165) is 17.0 Å². The van der Waals surface area contributed by atoms with Crippen molar-refractivity contribution in [2.45, 2.75) is 25.3 Å². The van der Waals surface area contributed by atoms with Gasteiger partial charge in [0.1, 0.15) is 16.4 Å². The van der Waals surface area contributed by atoms with Gasteiger partial charge in [-0.25, -0.2) is 13.1 Å². The van der Waals surface area contributed by atoms with Gasteiger partial charge in [-0.1, -0.05) is 0 Å². The lowest BCUT2D eigenvalue weighted by Crippen LogP contribution is -2.24. The summed E-state index contributed by atoms with van der Waals surface area (Å²) >= 11 is 0. The molecule has 23 heavy (non-hydrogen) atoms. The summed E-state index contributed by atoms with van der Waals surface area (Å²) in [6.07, 6.45) is 0. The first-order chi connectivity index (χ1) is 10.8. The molecule has 1 aromatic carbocycles. The van der Waals surface area contributed by atoms with Crippen molar-refractivity contribution >= 4 is 10.0 Å². The van der Waals surface area contributed by atoms with Gasteiger partial charge in [-0.2, -0.15) is 0 Å². The normalized spacial score (nSPS) is 11.5. The Hall–Kier alpha value is -1.99. The van der Waals surface area contributed by atoms with Crippen molar-refractivity contribution in [2.75, 3.05) is 14.2 Å². The molecular formula is C16H22N2O4S. The fourth-order valence-corrected chi connectivity index (χ4v) is 3.52. The first-order valence-electron chi connectivity index (χ1n) is 7.13. The van der Waals surface area contributed by atoms with Crippen LogP contribution in [-0.2, 0) is 23.6 Å². The summed E-state index contributed by atoms with van der Waals surface area (Å²) in [4.78, 5) is 0.0890. The van der Waals surface area contributed by atoms with Gasteiger partial charge in [0.2, 0.25) is 10.0 Å². The average molecular weight is 338 g/mol. The minimum Gasteiger partial charge on any atom is -0.497 e. The Morgan fingerprint density at radius 2 is 1.83 bits per heavy atom. The zero-order valence-electron chi connectivity index (χ0n) is 14.0. The predicted molar refractivity (Wildman–Crippen MR) is 88.5 cm³/mol. The van der Waals surface area contributed by atoms with E-state index in [0.29, 0.717) is 5.75 Å².